The molecule has 0 aliphatic rings. The maximum Gasteiger partial charge on any atom is 0.265 e. The summed E-state index contributed by atoms with van der Waals surface area (Å²) in [7, 11) is 1.59. The first-order valence-corrected chi connectivity index (χ1v) is 7.32. The van der Waals surface area contributed by atoms with E-state index in [1.807, 2.05) is 0 Å². The Hall–Kier alpha value is -1.91. The largest absolute Gasteiger partial charge is 0.497 e. The Bertz CT molecular complexity index is 659. The third-order valence-corrected chi connectivity index (χ3v) is 3.48. The van der Waals surface area contributed by atoms with Crippen LogP contribution >= 0.6 is 23.2 Å². The predicted molar refractivity (Wildman–Crippen MR) is 88.2 cm³/mol. The Balaban J connectivity index is 1.99. The average Bonchev–Trinajstić information content (AvgIpc) is 2.50. The molecule has 0 bridgehead atoms. The SMILES string of the molecule is COc1ccc(O[C@H](C)C(=O)Nc2ccc(Cl)cc2Cl)cc1. The van der Waals surface area contributed by atoms with Gasteiger partial charge in [0.1, 0.15) is 11.5 Å². The van der Waals surface area contributed by atoms with Crippen molar-refractivity contribution < 1.29 is 14.3 Å². The normalized spacial score (nSPS) is 11.6. The maximum absolute atomic E-state index is 12.1. The minimum absolute atomic E-state index is 0.306. The monoisotopic (exact) mass is 339 g/mol. The molecule has 0 aromatic heterocycles. The number of carbonyl (C=O) groups excluding carboxylic acids is 1. The van der Waals surface area contributed by atoms with Crippen LogP contribution in [0.1, 0.15) is 6.92 Å². The number of nitrogens with one attached hydrogen (secondary N) is 1. The van der Waals surface area contributed by atoms with Gasteiger partial charge >= 0.3 is 0 Å². The van der Waals surface area contributed by atoms with Crippen LogP contribution in [0.4, 0.5) is 5.69 Å². The van der Waals surface area contributed by atoms with E-state index >= 15 is 0 Å². The molecule has 0 saturated carbocycles. The first-order chi connectivity index (χ1) is 10.5. The van der Waals surface area contributed by atoms with Gasteiger partial charge in [-0.2, -0.15) is 0 Å². The number of carbonyl (C=O) groups is 1. The van der Waals surface area contributed by atoms with Crippen LogP contribution in [0, 0.1) is 0 Å². The van der Waals surface area contributed by atoms with E-state index < -0.39 is 6.10 Å². The molecule has 0 radical (unpaired) electrons. The third kappa shape index (κ3) is 4.29. The van der Waals surface area contributed by atoms with Crippen molar-refractivity contribution in [1.29, 1.82) is 0 Å². The number of halogens is 2. The highest BCUT2D eigenvalue weighted by atomic mass is 35.5. The van der Waals surface area contributed by atoms with Crippen molar-refractivity contribution in [3.05, 3.63) is 52.5 Å². The Kier molecular flexibility index (Phi) is 5.52. The van der Waals surface area contributed by atoms with Gasteiger partial charge in [-0.15, -0.1) is 0 Å². The second kappa shape index (κ2) is 7.38. The second-order valence-electron chi connectivity index (χ2n) is 4.55. The summed E-state index contributed by atoms with van der Waals surface area (Å²) >= 11 is 11.8. The number of ether oxygens (including phenoxy) is 2. The van der Waals surface area contributed by atoms with Crippen molar-refractivity contribution in [2.24, 2.45) is 0 Å². The van der Waals surface area contributed by atoms with Gasteiger partial charge in [0.15, 0.2) is 6.10 Å². The second-order valence-corrected chi connectivity index (χ2v) is 5.39. The van der Waals surface area contributed by atoms with Gasteiger partial charge in [0.25, 0.3) is 5.91 Å². The molecule has 2 aromatic rings. The van der Waals surface area contributed by atoms with Crippen LogP contribution in [-0.2, 0) is 4.79 Å². The molecule has 0 spiro atoms. The van der Waals surface area contributed by atoms with Gasteiger partial charge in [-0.25, -0.2) is 0 Å². The molecule has 6 heteroatoms. The summed E-state index contributed by atoms with van der Waals surface area (Å²) in [6, 6.07) is 11.8. The number of methoxy groups -OCH3 is 1. The molecule has 22 heavy (non-hydrogen) atoms. The van der Waals surface area contributed by atoms with Crippen LogP contribution < -0.4 is 14.8 Å². The first-order valence-electron chi connectivity index (χ1n) is 6.56. The van der Waals surface area contributed by atoms with Crippen molar-refractivity contribution in [3.8, 4) is 11.5 Å². The number of hydrogen-bond acceptors (Lipinski definition) is 3. The molecule has 2 aromatic carbocycles. The van der Waals surface area contributed by atoms with E-state index in [0.29, 0.717) is 21.5 Å². The molecular formula is C16H15Cl2NO3. The fraction of sp³-hybridized carbons (Fsp3) is 0.188. The van der Waals surface area contributed by atoms with E-state index in [4.69, 9.17) is 32.7 Å². The highest BCUT2D eigenvalue weighted by molar-refractivity contribution is 6.36. The topological polar surface area (TPSA) is 47.6 Å². The summed E-state index contributed by atoms with van der Waals surface area (Å²) in [5.41, 5.74) is 0.487. The van der Waals surface area contributed by atoms with Gasteiger partial charge in [-0.3, -0.25) is 4.79 Å². The van der Waals surface area contributed by atoms with Crippen LogP contribution in [-0.4, -0.2) is 19.1 Å². The maximum atomic E-state index is 12.1. The fourth-order valence-electron chi connectivity index (χ4n) is 1.74. The van der Waals surface area contributed by atoms with Crippen LogP contribution in [0.25, 0.3) is 0 Å². The van der Waals surface area contributed by atoms with Crippen LogP contribution in [0.15, 0.2) is 42.5 Å². The third-order valence-electron chi connectivity index (χ3n) is 2.93. The number of anilines is 1. The van der Waals surface area contributed by atoms with E-state index in [-0.39, 0.29) is 5.91 Å². The zero-order chi connectivity index (χ0) is 16.1. The molecular weight excluding hydrogens is 325 g/mol. The molecule has 2 rings (SSSR count). The van der Waals surface area contributed by atoms with Gasteiger partial charge in [-0.05, 0) is 49.4 Å². The smallest absolute Gasteiger partial charge is 0.265 e. The highest BCUT2D eigenvalue weighted by Gasteiger charge is 2.16. The number of benzene rings is 2. The Morgan fingerprint density at radius 2 is 1.73 bits per heavy atom. The number of rotatable bonds is 5. The lowest BCUT2D eigenvalue weighted by Crippen LogP contribution is -2.30. The molecule has 1 amide bonds. The Morgan fingerprint density at radius 1 is 1.09 bits per heavy atom. The summed E-state index contributed by atoms with van der Waals surface area (Å²) in [5.74, 6) is 0.989. The average molecular weight is 340 g/mol. The van der Waals surface area contributed by atoms with Crippen molar-refractivity contribution >= 4 is 34.8 Å². The van der Waals surface area contributed by atoms with E-state index in [9.17, 15) is 4.79 Å². The van der Waals surface area contributed by atoms with Crippen molar-refractivity contribution in [2.75, 3.05) is 12.4 Å². The molecule has 0 saturated heterocycles. The molecule has 1 atom stereocenters. The van der Waals surface area contributed by atoms with Crippen molar-refractivity contribution in [1.82, 2.24) is 0 Å². The lowest BCUT2D eigenvalue weighted by atomic mass is 10.3. The molecule has 1 N–H and O–H groups in total. The zero-order valence-electron chi connectivity index (χ0n) is 12.1. The zero-order valence-corrected chi connectivity index (χ0v) is 13.6. The lowest BCUT2D eigenvalue weighted by molar-refractivity contribution is -0.122. The van der Waals surface area contributed by atoms with Crippen LogP contribution in [0.3, 0.4) is 0 Å². The summed E-state index contributed by atoms with van der Waals surface area (Å²) in [4.78, 5) is 12.1. The molecule has 4 nitrogen and oxygen atoms in total. The van der Waals surface area contributed by atoms with Crippen LogP contribution in [0.5, 0.6) is 11.5 Å². The Labute approximate surface area is 138 Å². The number of hydrogen-bond donors (Lipinski definition) is 1. The quantitative estimate of drug-likeness (QED) is 0.877. The van der Waals surface area contributed by atoms with Gasteiger partial charge in [0.2, 0.25) is 0 Å². The summed E-state index contributed by atoms with van der Waals surface area (Å²) in [5, 5.41) is 3.58. The van der Waals surface area contributed by atoms with Crippen molar-refractivity contribution in [3.63, 3.8) is 0 Å². The minimum Gasteiger partial charge on any atom is -0.497 e. The van der Waals surface area contributed by atoms with E-state index in [1.54, 1.807) is 56.5 Å². The minimum atomic E-state index is -0.680. The van der Waals surface area contributed by atoms with E-state index in [0.717, 1.165) is 5.75 Å². The summed E-state index contributed by atoms with van der Waals surface area (Å²) in [6.45, 7) is 1.66. The molecule has 0 heterocycles. The lowest BCUT2D eigenvalue weighted by Gasteiger charge is -2.15. The molecule has 0 aliphatic heterocycles. The van der Waals surface area contributed by atoms with Gasteiger partial charge in [-0.1, -0.05) is 23.2 Å². The standard InChI is InChI=1S/C16H15Cl2NO3/c1-10(22-13-6-4-12(21-2)5-7-13)16(20)19-15-8-3-11(17)9-14(15)18/h3-10H,1-2H3,(H,19,20)/t10-/m1/s1. The predicted octanol–water partition coefficient (Wildman–Crippen LogP) is 4.41. The van der Waals surface area contributed by atoms with Gasteiger partial charge in [0, 0.05) is 5.02 Å². The van der Waals surface area contributed by atoms with Crippen molar-refractivity contribution in [2.45, 2.75) is 13.0 Å². The molecule has 0 fully saturated rings. The van der Waals surface area contributed by atoms with E-state index in [1.165, 1.54) is 0 Å². The molecule has 116 valence electrons. The van der Waals surface area contributed by atoms with Crippen LogP contribution in [0.2, 0.25) is 10.0 Å². The summed E-state index contributed by atoms with van der Waals surface area (Å²) < 4.78 is 10.6. The first kappa shape index (κ1) is 16.5. The Morgan fingerprint density at radius 3 is 2.32 bits per heavy atom. The van der Waals surface area contributed by atoms with E-state index in [2.05, 4.69) is 5.32 Å². The van der Waals surface area contributed by atoms with Gasteiger partial charge < -0.3 is 14.8 Å². The number of amides is 1. The van der Waals surface area contributed by atoms with Gasteiger partial charge in [0.05, 0.1) is 17.8 Å². The summed E-state index contributed by atoms with van der Waals surface area (Å²) in [6.07, 6.45) is -0.680. The highest BCUT2D eigenvalue weighted by Crippen LogP contribution is 2.26. The fourth-order valence-corrected chi connectivity index (χ4v) is 2.19. The molecule has 0 aliphatic carbocycles. The molecule has 0 unspecified atom stereocenters.